The summed E-state index contributed by atoms with van der Waals surface area (Å²) in [6.45, 7) is 2.04. The standard InChI is InChI=1S/C19H19N3OS/c1-14(15-8-4-3-5-9-15)22(2)18(23)13-24-19-17-11-7-6-10-16(17)12-20-21-19/h3-12,14H,13H2,1-2H3/t14-/m1/s1. The van der Waals surface area contributed by atoms with Crippen LogP contribution in [0.4, 0.5) is 0 Å². The summed E-state index contributed by atoms with van der Waals surface area (Å²) in [5, 5.41) is 11.1. The Labute approximate surface area is 145 Å². The Kier molecular flexibility index (Phi) is 5.11. The van der Waals surface area contributed by atoms with Crippen molar-refractivity contribution in [2.24, 2.45) is 0 Å². The number of rotatable bonds is 5. The van der Waals surface area contributed by atoms with E-state index in [1.165, 1.54) is 11.8 Å². The van der Waals surface area contributed by atoms with Crippen molar-refractivity contribution in [1.29, 1.82) is 0 Å². The molecular formula is C19H19N3OS. The average Bonchev–Trinajstić information content (AvgIpc) is 2.65. The smallest absolute Gasteiger partial charge is 0.233 e. The molecule has 1 amide bonds. The predicted molar refractivity (Wildman–Crippen MR) is 97.9 cm³/mol. The van der Waals surface area contributed by atoms with E-state index in [2.05, 4.69) is 10.2 Å². The zero-order valence-corrected chi connectivity index (χ0v) is 14.5. The zero-order valence-electron chi connectivity index (χ0n) is 13.7. The van der Waals surface area contributed by atoms with Crippen LogP contribution >= 0.6 is 11.8 Å². The van der Waals surface area contributed by atoms with Crippen molar-refractivity contribution in [2.45, 2.75) is 18.0 Å². The van der Waals surface area contributed by atoms with Crippen LogP contribution in [-0.2, 0) is 4.79 Å². The fourth-order valence-corrected chi connectivity index (χ4v) is 3.42. The Morgan fingerprint density at radius 2 is 1.83 bits per heavy atom. The van der Waals surface area contributed by atoms with E-state index in [1.807, 2.05) is 68.6 Å². The second kappa shape index (κ2) is 7.45. The molecule has 0 radical (unpaired) electrons. The SMILES string of the molecule is C[C@H](c1ccccc1)N(C)C(=O)CSc1nncc2ccccc12. The molecule has 0 aliphatic heterocycles. The lowest BCUT2D eigenvalue weighted by molar-refractivity contribution is -0.128. The lowest BCUT2D eigenvalue weighted by Crippen LogP contribution is -2.31. The Morgan fingerprint density at radius 3 is 2.62 bits per heavy atom. The summed E-state index contributed by atoms with van der Waals surface area (Å²) in [7, 11) is 1.84. The highest BCUT2D eigenvalue weighted by atomic mass is 32.2. The van der Waals surface area contributed by atoms with Gasteiger partial charge in [-0.3, -0.25) is 4.79 Å². The molecule has 0 unspecified atom stereocenters. The Morgan fingerprint density at radius 1 is 1.12 bits per heavy atom. The number of thioether (sulfide) groups is 1. The van der Waals surface area contributed by atoms with Crippen molar-refractivity contribution >= 4 is 28.4 Å². The number of benzene rings is 2. The second-order valence-electron chi connectivity index (χ2n) is 5.62. The fraction of sp³-hybridized carbons (Fsp3) is 0.211. The molecule has 0 N–H and O–H groups in total. The van der Waals surface area contributed by atoms with E-state index in [0.29, 0.717) is 5.75 Å². The van der Waals surface area contributed by atoms with Crippen molar-refractivity contribution in [3.63, 3.8) is 0 Å². The van der Waals surface area contributed by atoms with E-state index in [9.17, 15) is 4.79 Å². The van der Waals surface area contributed by atoms with Crippen molar-refractivity contribution < 1.29 is 4.79 Å². The first-order chi connectivity index (χ1) is 11.7. The zero-order chi connectivity index (χ0) is 16.9. The maximum absolute atomic E-state index is 12.5. The number of carbonyl (C=O) groups excluding carboxylic acids is 1. The monoisotopic (exact) mass is 337 g/mol. The first-order valence-corrected chi connectivity index (χ1v) is 8.79. The van der Waals surface area contributed by atoms with E-state index >= 15 is 0 Å². The normalized spacial score (nSPS) is 12.1. The van der Waals surface area contributed by atoms with E-state index in [4.69, 9.17) is 0 Å². The summed E-state index contributed by atoms with van der Waals surface area (Å²) in [5.41, 5.74) is 1.13. The van der Waals surface area contributed by atoms with Crippen molar-refractivity contribution in [3.05, 3.63) is 66.4 Å². The van der Waals surface area contributed by atoms with Gasteiger partial charge < -0.3 is 4.90 Å². The van der Waals surface area contributed by atoms with Crippen LogP contribution in [-0.4, -0.2) is 33.8 Å². The molecule has 0 spiro atoms. The first kappa shape index (κ1) is 16.5. The molecule has 0 fully saturated rings. The number of hydrogen-bond acceptors (Lipinski definition) is 4. The van der Waals surface area contributed by atoms with Gasteiger partial charge in [0.15, 0.2) is 0 Å². The number of nitrogens with zero attached hydrogens (tertiary/aromatic N) is 3. The molecule has 24 heavy (non-hydrogen) atoms. The molecule has 4 nitrogen and oxygen atoms in total. The van der Waals surface area contributed by atoms with E-state index in [-0.39, 0.29) is 11.9 Å². The number of fused-ring (bicyclic) bond motifs is 1. The van der Waals surface area contributed by atoms with Gasteiger partial charge in [0.2, 0.25) is 5.91 Å². The quantitative estimate of drug-likeness (QED) is 0.662. The molecule has 122 valence electrons. The van der Waals surface area contributed by atoms with E-state index < -0.39 is 0 Å². The summed E-state index contributed by atoms with van der Waals surface area (Å²) in [5.74, 6) is 0.419. The lowest BCUT2D eigenvalue weighted by Gasteiger charge is -2.25. The van der Waals surface area contributed by atoms with Crippen LogP contribution in [0.2, 0.25) is 0 Å². The van der Waals surface area contributed by atoms with E-state index in [1.54, 1.807) is 11.1 Å². The molecule has 5 heteroatoms. The van der Waals surface area contributed by atoms with Crippen LogP contribution in [0.5, 0.6) is 0 Å². The van der Waals surface area contributed by atoms with Crippen molar-refractivity contribution in [3.8, 4) is 0 Å². The third-order valence-electron chi connectivity index (χ3n) is 4.13. The number of carbonyl (C=O) groups is 1. The van der Waals surface area contributed by atoms with Gasteiger partial charge in [0.05, 0.1) is 18.0 Å². The minimum absolute atomic E-state index is 0.0397. The molecule has 0 aliphatic carbocycles. The predicted octanol–water partition coefficient (Wildman–Crippen LogP) is 3.94. The summed E-state index contributed by atoms with van der Waals surface area (Å²) in [4.78, 5) is 14.3. The van der Waals surface area contributed by atoms with Crippen LogP contribution in [0, 0.1) is 0 Å². The maximum atomic E-state index is 12.5. The third kappa shape index (κ3) is 3.57. The van der Waals surface area contributed by atoms with Crippen LogP contribution in [0.25, 0.3) is 10.8 Å². The Bertz CT molecular complexity index is 833. The van der Waals surface area contributed by atoms with Crippen LogP contribution in [0.3, 0.4) is 0 Å². The first-order valence-electron chi connectivity index (χ1n) is 7.80. The molecule has 0 saturated carbocycles. The molecule has 0 saturated heterocycles. The highest BCUT2D eigenvalue weighted by molar-refractivity contribution is 8.00. The molecular weight excluding hydrogens is 318 g/mol. The van der Waals surface area contributed by atoms with Gasteiger partial charge in [-0.15, -0.1) is 5.10 Å². The summed E-state index contributed by atoms with van der Waals surface area (Å²) < 4.78 is 0. The third-order valence-corrected chi connectivity index (χ3v) is 5.09. The van der Waals surface area contributed by atoms with Crippen LogP contribution < -0.4 is 0 Å². The Hall–Kier alpha value is -2.40. The number of aromatic nitrogens is 2. The summed E-state index contributed by atoms with van der Waals surface area (Å²) in [6, 6.07) is 18.0. The average molecular weight is 337 g/mol. The molecule has 1 atom stereocenters. The van der Waals surface area contributed by atoms with Gasteiger partial charge in [-0.25, -0.2) is 0 Å². The van der Waals surface area contributed by atoms with Gasteiger partial charge in [0.25, 0.3) is 0 Å². The lowest BCUT2D eigenvalue weighted by atomic mass is 10.1. The van der Waals surface area contributed by atoms with Gasteiger partial charge in [-0.05, 0) is 12.5 Å². The van der Waals surface area contributed by atoms with Crippen molar-refractivity contribution in [1.82, 2.24) is 15.1 Å². The minimum Gasteiger partial charge on any atom is -0.338 e. The molecule has 2 aromatic carbocycles. The maximum Gasteiger partial charge on any atom is 0.233 e. The highest BCUT2D eigenvalue weighted by Crippen LogP contribution is 2.26. The fourth-order valence-electron chi connectivity index (χ4n) is 2.51. The summed E-state index contributed by atoms with van der Waals surface area (Å²) in [6.07, 6.45) is 1.74. The second-order valence-corrected chi connectivity index (χ2v) is 6.58. The van der Waals surface area contributed by atoms with Crippen LogP contribution in [0.1, 0.15) is 18.5 Å². The Balaban J connectivity index is 1.68. The van der Waals surface area contributed by atoms with Gasteiger partial charge in [-0.1, -0.05) is 66.4 Å². The molecule has 0 bridgehead atoms. The van der Waals surface area contributed by atoms with Gasteiger partial charge in [-0.2, -0.15) is 5.10 Å². The minimum atomic E-state index is 0.0397. The van der Waals surface area contributed by atoms with E-state index in [0.717, 1.165) is 21.4 Å². The molecule has 3 rings (SSSR count). The molecule has 3 aromatic rings. The topological polar surface area (TPSA) is 46.1 Å². The molecule has 0 aliphatic rings. The van der Waals surface area contributed by atoms with Crippen molar-refractivity contribution in [2.75, 3.05) is 12.8 Å². The highest BCUT2D eigenvalue weighted by Gasteiger charge is 2.18. The van der Waals surface area contributed by atoms with Gasteiger partial charge >= 0.3 is 0 Å². The number of amides is 1. The molecule has 1 heterocycles. The van der Waals surface area contributed by atoms with Gasteiger partial charge in [0, 0.05) is 17.8 Å². The van der Waals surface area contributed by atoms with Gasteiger partial charge in [0.1, 0.15) is 5.03 Å². The number of hydrogen-bond donors (Lipinski definition) is 0. The summed E-state index contributed by atoms with van der Waals surface area (Å²) >= 11 is 1.43. The van der Waals surface area contributed by atoms with Crippen LogP contribution in [0.15, 0.2) is 65.8 Å². The largest absolute Gasteiger partial charge is 0.338 e. The molecule has 1 aromatic heterocycles.